The van der Waals surface area contributed by atoms with Crippen molar-refractivity contribution >= 4 is 5.97 Å². The lowest BCUT2D eigenvalue weighted by Crippen LogP contribution is -2.38. The van der Waals surface area contributed by atoms with Crippen LogP contribution in [0.5, 0.6) is 0 Å². The molecule has 104 valence electrons. The fourth-order valence-electron chi connectivity index (χ4n) is 3.32. The summed E-state index contributed by atoms with van der Waals surface area (Å²) in [6, 6.07) is 0. The van der Waals surface area contributed by atoms with Gasteiger partial charge in [0.25, 0.3) is 0 Å². The van der Waals surface area contributed by atoms with Gasteiger partial charge in [-0.3, -0.25) is 9.69 Å². The van der Waals surface area contributed by atoms with Gasteiger partial charge < -0.3 is 9.84 Å². The molecule has 0 aliphatic carbocycles. The average Bonchev–Trinajstić information content (AvgIpc) is 2.76. The van der Waals surface area contributed by atoms with Gasteiger partial charge in [-0.15, -0.1) is 0 Å². The van der Waals surface area contributed by atoms with Crippen molar-refractivity contribution in [2.45, 2.75) is 51.6 Å². The molecule has 0 bridgehead atoms. The molecule has 0 radical (unpaired) electrons. The van der Waals surface area contributed by atoms with Gasteiger partial charge in [0, 0.05) is 19.7 Å². The van der Waals surface area contributed by atoms with E-state index in [9.17, 15) is 9.90 Å². The molecule has 2 unspecified atom stereocenters. The van der Waals surface area contributed by atoms with E-state index in [0.717, 1.165) is 45.4 Å². The van der Waals surface area contributed by atoms with Crippen molar-refractivity contribution < 1.29 is 14.6 Å². The molecule has 2 aliphatic rings. The Kier molecular flexibility index (Phi) is 4.62. The standard InChI is InChI=1S/C14H25NO3/c1-2-6-14(13(16)17)7-8-15(11-14)10-12-5-3-4-9-18-12/h12H,2-11H2,1H3,(H,16,17). The van der Waals surface area contributed by atoms with Gasteiger partial charge in [-0.25, -0.2) is 0 Å². The minimum absolute atomic E-state index is 0.324. The van der Waals surface area contributed by atoms with Crippen molar-refractivity contribution in [2.75, 3.05) is 26.2 Å². The van der Waals surface area contributed by atoms with Crippen molar-refractivity contribution in [3.63, 3.8) is 0 Å². The third kappa shape index (κ3) is 3.04. The van der Waals surface area contributed by atoms with Gasteiger partial charge in [-0.1, -0.05) is 13.3 Å². The Labute approximate surface area is 109 Å². The van der Waals surface area contributed by atoms with E-state index in [2.05, 4.69) is 11.8 Å². The summed E-state index contributed by atoms with van der Waals surface area (Å²) in [4.78, 5) is 13.8. The Morgan fingerprint density at radius 2 is 2.33 bits per heavy atom. The van der Waals surface area contributed by atoms with Crippen molar-refractivity contribution in [3.05, 3.63) is 0 Å². The minimum Gasteiger partial charge on any atom is -0.481 e. The van der Waals surface area contributed by atoms with Gasteiger partial charge in [0.05, 0.1) is 11.5 Å². The van der Waals surface area contributed by atoms with Crippen LogP contribution in [-0.2, 0) is 9.53 Å². The van der Waals surface area contributed by atoms with Gasteiger partial charge in [-0.05, 0) is 38.6 Å². The molecule has 0 amide bonds. The molecule has 2 heterocycles. The van der Waals surface area contributed by atoms with E-state index >= 15 is 0 Å². The Hall–Kier alpha value is -0.610. The zero-order valence-corrected chi connectivity index (χ0v) is 11.4. The molecule has 0 aromatic rings. The largest absolute Gasteiger partial charge is 0.481 e. The van der Waals surface area contributed by atoms with Crippen LogP contribution >= 0.6 is 0 Å². The Morgan fingerprint density at radius 1 is 1.50 bits per heavy atom. The minimum atomic E-state index is -0.614. The monoisotopic (exact) mass is 255 g/mol. The molecule has 18 heavy (non-hydrogen) atoms. The highest BCUT2D eigenvalue weighted by molar-refractivity contribution is 5.75. The van der Waals surface area contributed by atoms with Crippen LogP contribution in [0.2, 0.25) is 0 Å². The average molecular weight is 255 g/mol. The highest BCUT2D eigenvalue weighted by atomic mass is 16.5. The van der Waals surface area contributed by atoms with E-state index in [1.54, 1.807) is 0 Å². The first-order valence-corrected chi connectivity index (χ1v) is 7.24. The fourth-order valence-corrected chi connectivity index (χ4v) is 3.32. The lowest BCUT2D eigenvalue weighted by molar-refractivity contribution is -0.148. The molecule has 0 spiro atoms. The summed E-state index contributed by atoms with van der Waals surface area (Å²) >= 11 is 0. The Bertz CT molecular complexity index is 289. The van der Waals surface area contributed by atoms with Crippen LogP contribution in [0.15, 0.2) is 0 Å². The lowest BCUT2D eigenvalue weighted by atomic mass is 9.83. The highest BCUT2D eigenvalue weighted by Crippen LogP contribution is 2.36. The van der Waals surface area contributed by atoms with Gasteiger partial charge in [0.2, 0.25) is 0 Å². The molecule has 1 N–H and O–H groups in total. The number of carboxylic acids is 1. The number of likely N-dealkylation sites (tertiary alicyclic amines) is 1. The summed E-state index contributed by atoms with van der Waals surface area (Å²) in [6.07, 6.45) is 6.41. The summed E-state index contributed by atoms with van der Waals surface area (Å²) in [7, 11) is 0. The number of nitrogens with zero attached hydrogens (tertiary/aromatic N) is 1. The molecule has 2 rings (SSSR count). The number of carboxylic acid groups (broad SMARTS) is 1. The summed E-state index contributed by atoms with van der Waals surface area (Å²) in [5, 5.41) is 9.46. The first-order chi connectivity index (χ1) is 8.66. The zero-order valence-electron chi connectivity index (χ0n) is 11.4. The van der Waals surface area contributed by atoms with Crippen molar-refractivity contribution in [3.8, 4) is 0 Å². The predicted molar refractivity (Wildman–Crippen MR) is 69.6 cm³/mol. The SMILES string of the molecule is CCCC1(C(=O)O)CCN(CC2CCCCO2)C1. The molecular weight excluding hydrogens is 230 g/mol. The maximum Gasteiger partial charge on any atom is 0.310 e. The van der Waals surface area contributed by atoms with Crippen molar-refractivity contribution in [2.24, 2.45) is 5.41 Å². The predicted octanol–water partition coefficient (Wildman–Crippen LogP) is 2.13. The summed E-state index contributed by atoms with van der Waals surface area (Å²) in [5.74, 6) is -0.614. The Balaban J connectivity index is 1.87. The molecule has 0 aromatic heterocycles. The van der Waals surface area contributed by atoms with Crippen molar-refractivity contribution in [1.82, 2.24) is 4.90 Å². The third-order valence-electron chi connectivity index (χ3n) is 4.35. The Morgan fingerprint density at radius 3 is 2.94 bits per heavy atom. The smallest absolute Gasteiger partial charge is 0.310 e. The topological polar surface area (TPSA) is 49.8 Å². The second-order valence-electron chi connectivity index (χ2n) is 5.81. The van der Waals surface area contributed by atoms with Gasteiger partial charge in [-0.2, -0.15) is 0 Å². The van der Waals surface area contributed by atoms with E-state index in [1.165, 1.54) is 12.8 Å². The summed E-state index contributed by atoms with van der Waals surface area (Å²) < 4.78 is 5.74. The first kappa shape index (κ1) is 13.8. The van der Waals surface area contributed by atoms with Crippen LogP contribution in [0, 0.1) is 5.41 Å². The first-order valence-electron chi connectivity index (χ1n) is 7.24. The van der Waals surface area contributed by atoms with Gasteiger partial charge in [0.1, 0.15) is 0 Å². The van der Waals surface area contributed by atoms with Crippen LogP contribution in [0.4, 0.5) is 0 Å². The number of carbonyl (C=O) groups is 1. The van der Waals surface area contributed by atoms with Crippen molar-refractivity contribution in [1.29, 1.82) is 0 Å². The molecule has 0 saturated carbocycles. The van der Waals surface area contributed by atoms with Crippen LogP contribution < -0.4 is 0 Å². The molecule has 0 aromatic carbocycles. The highest BCUT2D eigenvalue weighted by Gasteiger charge is 2.44. The van der Waals surface area contributed by atoms with E-state index in [0.29, 0.717) is 12.6 Å². The maximum absolute atomic E-state index is 11.5. The molecule has 4 heteroatoms. The molecule has 2 saturated heterocycles. The van der Waals surface area contributed by atoms with E-state index in [1.807, 2.05) is 0 Å². The molecule has 2 aliphatic heterocycles. The maximum atomic E-state index is 11.5. The van der Waals surface area contributed by atoms with Crippen LogP contribution in [-0.4, -0.2) is 48.3 Å². The number of rotatable bonds is 5. The molecule has 4 nitrogen and oxygen atoms in total. The van der Waals surface area contributed by atoms with Gasteiger partial charge >= 0.3 is 5.97 Å². The number of hydrogen-bond acceptors (Lipinski definition) is 3. The van der Waals surface area contributed by atoms with Crippen LogP contribution in [0.1, 0.15) is 45.4 Å². The number of aliphatic carboxylic acids is 1. The van der Waals surface area contributed by atoms with E-state index < -0.39 is 11.4 Å². The zero-order chi connectivity index (χ0) is 13.0. The third-order valence-corrected chi connectivity index (χ3v) is 4.35. The van der Waals surface area contributed by atoms with Gasteiger partial charge in [0.15, 0.2) is 0 Å². The lowest BCUT2D eigenvalue weighted by Gasteiger charge is -2.29. The second-order valence-corrected chi connectivity index (χ2v) is 5.81. The number of hydrogen-bond donors (Lipinski definition) is 1. The molecular formula is C14H25NO3. The second kappa shape index (κ2) is 6.02. The summed E-state index contributed by atoms with van der Waals surface area (Å²) in [5.41, 5.74) is -0.497. The fraction of sp³-hybridized carbons (Fsp3) is 0.929. The van der Waals surface area contributed by atoms with Crippen LogP contribution in [0.3, 0.4) is 0 Å². The summed E-state index contributed by atoms with van der Waals surface area (Å²) in [6.45, 7) is 5.47. The normalized spacial score (nSPS) is 33.7. The molecule has 2 atom stereocenters. The number of ether oxygens (including phenoxy) is 1. The quantitative estimate of drug-likeness (QED) is 0.817. The van der Waals surface area contributed by atoms with Crippen LogP contribution in [0.25, 0.3) is 0 Å². The molecule has 2 fully saturated rings. The van der Waals surface area contributed by atoms with E-state index in [-0.39, 0.29) is 0 Å². The van der Waals surface area contributed by atoms with E-state index in [4.69, 9.17) is 4.74 Å².